The molecule has 1 unspecified atom stereocenters. The summed E-state index contributed by atoms with van der Waals surface area (Å²) in [6, 6.07) is 8.47. The Labute approximate surface area is 118 Å². The van der Waals surface area contributed by atoms with Crippen LogP contribution in [-0.2, 0) is 0 Å². The van der Waals surface area contributed by atoms with Crippen molar-refractivity contribution < 1.29 is 0 Å². The van der Waals surface area contributed by atoms with Gasteiger partial charge in [-0.15, -0.1) is 0 Å². The molecule has 0 aliphatic carbocycles. The standard InChI is InChI=1S/C14H20N6/c1-10-9-19(2)7-8-20(10)13-11-5-3-4-6-12(11)16-14(17-13)18-15/h3-6,10H,7-9,15H2,1-2H3,(H,16,17,18). The molecule has 1 saturated heterocycles. The molecule has 6 nitrogen and oxygen atoms in total. The van der Waals surface area contributed by atoms with Crippen LogP contribution in [0.3, 0.4) is 0 Å². The van der Waals surface area contributed by atoms with Crippen molar-refractivity contribution in [3.63, 3.8) is 0 Å². The van der Waals surface area contributed by atoms with Crippen LogP contribution in [0.1, 0.15) is 6.92 Å². The second-order valence-corrected chi connectivity index (χ2v) is 5.34. The van der Waals surface area contributed by atoms with Gasteiger partial charge < -0.3 is 9.80 Å². The van der Waals surface area contributed by atoms with Crippen LogP contribution in [0.5, 0.6) is 0 Å². The van der Waals surface area contributed by atoms with Crippen LogP contribution in [-0.4, -0.2) is 47.6 Å². The number of para-hydroxylation sites is 1. The van der Waals surface area contributed by atoms with E-state index in [2.05, 4.69) is 45.2 Å². The molecule has 3 rings (SSSR count). The van der Waals surface area contributed by atoms with E-state index < -0.39 is 0 Å². The summed E-state index contributed by atoms with van der Waals surface area (Å²) in [6.45, 7) is 5.25. The molecule has 0 spiro atoms. The first-order valence-electron chi connectivity index (χ1n) is 6.87. The van der Waals surface area contributed by atoms with Gasteiger partial charge >= 0.3 is 0 Å². The monoisotopic (exact) mass is 272 g/mol. The number of nitrogens with zero attached hydrogens (tertiary/aromatic N) is 4. The van der Waals surface area contributed by atoms with Crippen molar-refractivity contribution >= 4 is 22.7 Å². The zero-order valence-corrected chi connectivity index (χ0v) is 11.9. The number of nitrogens with two attached hydrogens (primary N) is 1. The van der Waals surface area contributed by atoms with Crippen molar-refractivity contribution in [3.05, 3.63) is 24.3 Å². The van der Waals surface area contributed by atoms with E-state index in [-0.39, 0.29) is 0 Å². The largest absolute Gasteiger partial charge is 0.351 e. The topological polar surface area (TPSA) is 70.3 Å². The summed E-state index contributed by atoms with van der Waals surface area (Å²) in [5.74, 6) is 6.92. The number of rotatable bonds is 2. The second-order valence-electron chi connectivity index (χ2n) is 5.34. The summed E-state index contributed by atoms with van der Waals surface area (Å²) in [7, 11) is 2.15. The molecule has 2 heterocycles. The van der Waals surface area contributed by atoms with Crippen molar-refractivity contribution in [1.82, 2.24) is 14.9 Å². The Balaban J connectivity index is 2.09. The molecule has 1 fully saturated rings. The lowest BCUT2D eigenvalue weighted by molar-refractivity contribution is 0.275. The predicted octanol–water partition coefficient (Wildman–Crippen LogP) is 1.06. The van der Waals surface area contributed by atoms with Crippen molar-refractivity contribution in [2.24, 2.45) is 5.84 Å². The van der Waals surface area contributed by atoms with Gasteiger partial charge in [0.1, 0.15) is 5.82 Å². The van der Waals surface area contributed by atoms with Crippen LogP contribution in [0.15, 0.2) is 24.3 Å². The van der Waals surface area contributed by atoms with Crippen molar-refractivity contribution in [3.8, 4) is 0 Å². The molecule has 1 aliphatic heterocycles. The van der Waals surface area contributed by atoms with E-state index in [1.165, 1.54) is 0 Å². The molecule has 6 heteroatoms. The number of hydrogen-bond donors (Lipinski definition) is 2. The van der Waals surface area contributed by atoms with Crippen LogP contribution in [0.25, 0.3) is 10.9 Å². The molecule has 0 amide bonds. The highest BCUT2D eigenvalue weighted by atomic mass is 15.3. The number of fused-ring (bicyclic) bond motifs is 1. The van der Waals surface area contributed by atoms with Gasteiger partial charge in [0, 0.05) is 31.1 Å². The fraction of sp³-hybridized carbons (Fsp3) is 0.429. The molecule has 1 aliphatic rings. The lowest BCUT2D eigenvalue weighted by Gasteiger charge is -2.39. The number of likely N-dealkylation sites (N-methyl/N-ethyl adjacent to an activating group) is 1. The third kappa shape index (κ3) is 2.28. The van der Waals surface area contributed by atoms with Gasteiger partial charge in [-0.25, -0.2) is 10.8 Å². The third-order valence-electron chi connectivity index (χ3n) is 3.81. The molecular formula is C14H20N6. The Kier molecular flexibility index (Phi) is 3.42. The first-order chi connectivity index (χ1) is 9.69. The SMILES string of the molecule is CC1CN(C)CCN1c1nc(NN)nc2ccccc12. The van der Waals surface area contributed by atoms with E-state index in [0.717, 1.165) is 36.4 Å². The lowest BCUT2D eigenvalue weighted by Crippen LogP contribution is -2.51. The minimum absolute atomic E-state index is 0.415. The average molecular weight is 272 g/mol. The van der Waals surface area contributed by atoms with E-state index in [9.17, 15) is 0 Å². The maximum Gasteiger partial charge on any atom is 0.239 e. The molecule has 0 radical (unpaired) electrons. The molecule has 20 heavy (non-hydrogen) atoms. The molecule has 106 valence electrons. The van der Waals surface area contributed by atoms with Crippen molar-refractivity contribution in [1.29, 1.82) is 0 Å². The Morgan fingerprint density at radius 3 is 2.80 bits per heavy atom. The maximum atomic E-state index is 5.49. The molecule has 1 aromatic heterocycles. The normalized spacial score (nSPS) is 20.4. The highest BCUT2D eigenvalue weighted by molar-refractivity contribution is 5.90. The zero-order valence-electron chi connectivity index (χ0n) is 11.9. The van der Waals surface area contributed by atoms with Crippen LogP contribution in [0.2, 0.25) is 0 Å². The summed E-state index contributed by atoms with van der Waals surface area (Å²) < 4.78 is 0. The van der Waals surface area contributed by atoms with Crippen LogP contribution in [0, 0.1) is 0 Å². The fourth-order valence-electron chi connectivity index (χ4n) is 2.80. The van der Waals surface area contributed by atoms with Gasteiger partial charge in [0.2, 0.25) is 5.95 Å². The first kappa shape index (κ1) is 13.1. The number of nitrogens with one attached hydrogen (secondary N) is 1. The molecule has 0 saturated carbocycles. The van der Waals surface area contributed by atoms with Crippen LogP contribution in [0.4, 0.5) is 11.8 Å². The Morgan fingerprint density at radius 1 is 1.25 bits per heavy atom. The van der Waals surface area contributed by atoms with E-state index in [1.54, 1.807) is 0 Å². The summed E-state index contributed by atoms with van der Waals surface area (Å²) in [5.41, 5.74) is 3.48. The van der Waals surface area contributed by atoms with E-state index in [4.69, 9.17) is 5.84 Å². The Bertz CT molecular complexity index is 614. The van der Waals surface area contributed by atoms with Gasteiger partial charge in [0.25, 0.3) is 0 Å². The average Bonchev–Trinajstić information content (AvgIpc) is 2.46. The molecular weight excluding hydrogens is 252 g/mol. The van der Waals surface area contributed by atoms with E-state index in [0.29, 0.717) is 12.0 Å². The van der Waals surface area contributed by atoms with Crippen LogP contribution >= 0.6 is 0 Å². The van der Waals surface area contributed by atoms with E-state index in [1.807, 2.05) is 18.2 Å². The number of aromatic nitrogens is 2. The van der Waals surface area contributed by atoms with Crippen molar-refractivity contribution in [2.75, 3.05) is 37.0 Å². The number of anilines is 2. The van der Waals surface area contributed by atoms with Gasteiger partial charge in [0.05, 0.1) is 5.52 Å². The number of hydrogen-bond acceptors (Lipinski definition) is 6. The molecule has 1 atom stereocenters. The van der Waals surface area contributed by atoms with Gasteiger partial charge in [-0.2, -0.15) is 4.98 Å². The number of nitrogen functional groups attached to an aromatic ring is 1. The second kappa shape index (κ2) is 5.22. The summed E-state index contributed by atoms with van der Waals surface area (Å²) in [5, 5.41) is 1.07. The molecule has 2 aromatic rings. The highest BCUT2D eigenvalue weighted by Crippen LogP contribution is 2.27. The molecule has 3 N–H and O–H groups in total. The highest BCUT2D eigenvalue weighted by Gasteiger charge is 2.24. The minimum atomic E-state index is 0.415. The Hall–Kier alpha value is -1.92. The fourth-order valence-corrected chi connectivity index (χ4v) is 2.80. The summed E-state index contributed by atoms with van der Waals surface area (Å²) in [6.07, 6.45) is 0. The van der Waals surface area contributed by atoms with Gasteiger partial charge in [-0.05, 0) is 26.1 Å². The van der Waals surface area contributed by atoms with Gasteiger partial charge in [0.15, 0.2) is 0 Å². The van der Waals surface area contributed by atoms with Crippen LogP contribution < -0.4 is 16.2 Å². The number of piperazine rings is 1. The minimum Gasteiger partial charge on any atom is -0.351 e. The quantitative estimate of drug-likeness (QED) is 0.629. The van der Waals surface area contributed by atoms with E-state index >= 15 is 0 Å². The maximum absolute atomic E-state index is 5.49. The smallest absolute Gasteiger partial charge is 0.239 e. The molecule has 0 bridgehead atoms. The zero-order chi connectivity index (χ0) is 14.1. The molecule has 1 aromatic carbocycles. The van der Waals surface area contributed by atoms with Gasteiger partial charge in [-0.3, -0.25) is 5.43 Å². The third-order valence-corrected chi connectivity index (χ3v) is 3.81. The number of benzene rings is 1. The first-order valence-corrected chi connectivity index (χ1v) is 6.87. The predicted molar refractivity (Wildman–Crippen MR) is 81.7 cm³/mol. The van der Waals surface area contributed by atoms with Crippen molar-refractivity contribution in [2.45, 2.75) is 13.0 Å². The Morgan fingerprint density at radius 2 is 2.05 bits per heavy atom. The van der Waals surface area contributed by atoms with Gasteiger partial charge in [-0.1, -0.05) is 12.1 Å². The summed E-state index contributed by atoms with van der Waals surface area (Å²) in [4.78, 5) is 13.7. The number of hydrazine groups is 1. The lowest BCUT2D eigenvalue weighted by atomic mass is 10.1. The summed E-state index contributed by atoms with van der Waals surface area (Å²) >= 11 is 0.